The summed E-state index contributed by atoms with van der Waals surface area (Å²) in [5.41, 5.74) is 0. The summed E-state index contributed by atoms with van der Waals surface area (Å²) in [7, 11) is 1.96. The maximum absolute atomic E-state index is 13.1. The highest BCUT2D eigenvalue weighted by molar-refractivity contribution is 5.22. The number of halogens is 1. The molecule has 0 saturated heterocycles. The first-order chi connectivity index (χ1) is 9.69. The van der Waals surface area contributed by atoms with Crippen LogP contribution in [0.3, 0.4) is 0 Å². The van der Waals surface area contributed by atoms with Gasteiger partial charge in [-0.2, -0.15) is 0 Å². The topological polar surface area (TPSA) is 39.1 Å². The second-order valence-corrected chi connectivity index (χ2v) is 4.69. The number of ether oxygens (including phenoxy) is 1. The van der Waals surface area contributed by atoms with Gasteiger partial charge in [-0.25, -0.2) is 9.37 Å². The summed E-state index contributed by atoms with van der Waals surface area (Å²) in [6.07, 6.45) is 4.55. The number of rotatable bonds is 7. The molecule has 1 N–H and O–H groups in total. The molecule has 0 aliphatic rings. The third-order valence-corrected chi connectivity index (χ3v) is 3.13. The third-order valence-electron chi connectivity index (χ3n) is 3.13. The van der Waals surface area contributed by atoms with E-state index in [2.05, 4.69) is 10.3 Å². The molecule has 0 saturated carbocycles. The number of hydrogen-bond acceptors (Lipinski definition) is 3. The summed E-state index contributed by atoms with van der Waals surface area (Å²) in [5, 5.41) is 3.31. The molecule has 2 rings (SSSR count). The number of hydrogen-bond donors (Lipinski definition) is 1. The molecule has 108 valence electrons. The fourth-order valence-corrected chi connectivity index (χ4v) is 1.91. The van der Waals surface area contributed by atoms with Gasteiger partial charge in [0.05, 0.1) is 6.54 Å². The third kappa shape index (κ3) is 4.06. The summed E-state index contributed by atoms with van der Waals surface area (Å²) >= 11 is 0. The molecule has 5 heteroatoms. The van der Waals surface area contributed by atoms with Gasteiger partial charge in [0.2, 0.25) is 0 Å². The van der Waals surface area contributed by atoms with Crippen molar-refractivity contribution >= 4 is 0 Å². The Hall–Kier alpha value is -1.88. The molecule has 0 fully saturated rings. The number of aryl methyl sites for hydroxylation is 1. The Morgan fingerprint density at radius 3 is 2.95 bits per heavy atom. The fourth-order valence-electron chi connectivity index (χ4n) is 1.91. The van der Waals surface area contributed by atoms with Crippen molar-refractivity contribution in [2.45, 2.75) is 26.0 Å². The van der Waals surface area contributed by atoms with Gasteiger partial charge in [-0.1, -0.05) is 13.0 Å². The van der Waals surface area contributed by atoms with E-state index in [1.807, 2.05) is 24.7 Å². The molecule has 0 unspecified atom stereocenters. The summed E-state index contributed by atoms with van der Waals surface area (Å²) in [5.74, 6) is 1.26. The normalized spacial score (nSPS) is 12.3. The van der Waals surface area contributed by atoms with E-state index in [0.717, 1.165) is 12.2 Å². The number of aromatic nitrogens is 2. The first-order valence-electron chi connectivity index (χ1n) is 6.78. The van der Waals surface area contributed by atoms with Crippen LogP contribution >= 0.6 is 0 Å². The van der Waals surface area contributed by atoms with Crippen LogP contribution < -0.4 is 10.1 Å². The van der Waals surface area contributed by atoms with Crippen LogP contribution in [-0.4, -0.2) is 22.2 Å². The minimum absolute atomic E-state index is 0.0112. The van der Waals surface area contributed by atoms with E-state index in [4.69, 9.17) is 4.74 Å². The molecule has 1 heterocycles. The Bertz CT molecular complexity index is 541. The van der Waals surface area contributed by atoms with Crippen LogP contribution in [0.15, 0.2) is 36.7 Å². The monoisotopic (exact) mass is 277 g/mol. The molecule has 20 heavy (non-hydrogen) atoms. The van der Waals surface area contributed by atoms with Crippen molar-refractivity contribution in [3.8, 4) is 5.75 Å². The zero-order chi connectivity index (χ0) is 14.4. The van der Waals surface area contributed by atoms with Crippen molar-refractivity contribution in [3.63, 3.8) is 0 Å². The maximum Gasteiger partial charge on any atom is 0.126 e. The second kappa shape index (κ2) is 7.05. The Morgan fingerprint density at radius 2 is 2.30 bits per heavy atom. The van der Waals surface area contributed by atoms with Crippen LogP contribution in [0.4, 0.5) is 4.39 Å². The standard InChI is InChI=1S/C15H20FN3O/c1-3-13(20-14-6-4-5-12(16)9-14)10-17-11-15-18-7-8-19(15)2/h4-9,13,17H,3,10-11H2,1-2H3/t13-/m0/s1. The Balaban J connectivity index is 1.82. The van der Waals surface area contributed by atoms with E-state index in [0.29, 0.717) is 18.8 Å². The van der Waals surface area contributed by atoms with Gasteiger partial charge in [0.25, 0.3) is 0 Å². The SMILES string of the molecule is CC[C@@H](CNCc1nccn1C)Oc1cccc(F)c1. The summed E-state index contributed by atoms with van der Waals surface area (Å²) < 4.78 is 20.8. The van der Waals surface area contributed by atoms with Crippen molar-refractivity contribution < 1.29 is 9.13 Å². The van der Waals surface area contributed by atoms with Crippen LogP contribution in [0.2, 0.25) is 0 Å². The molecule has 0 bridgehead atoms. The van der Waals surface area contributed by atoms with E-state index in [1.165, 1.54) is 12.1 Å². The van der Waals surface area contributed by atoms with Crippen molar-refractivity contribution in [2.75, 3.05) is 6.54 Å². The average Bonchev–Trinajstić information content (AvgIpc) is 2.83. The van der Waals surface area contributed by atoms with E-state index in [1.54, 1.807) is 18.3 Å². The highest BCUT2D eigenvalue weighted by Gasteiger charge is 2.09. The lowest BCUT2D eigenvalue weighted by Crippen LogP contribution is -2.31. The highest BCUT2D eigenvalue weighted by atomic mass is 19.1. The molecule has 1 atom stereocenters. The first-order valence-corrected chi connectivity index (χ1v) is 6.78. The van der Waals surface area contributed by atoms with Crippen LogP contribution in [-0.2, 0) is 13.6 Å². The smallest absolute Gasteiger partial charge is 0.126 e. The highest BCUT2D eigenvalue weighted by Crippen LogP contribution is 2.14. The second-order valence-electron chi connectivity index (χ2n) is 4.69. The van der Waals surface area contributed by atoms with Crippen LogP contribution in [0.5, 0.6) is 5.75 Å². The first kappa shape index (κ1) is 14.5. The van der Waals surface area contributed by atoms with E-state index < -0.39 is 0 Å². The number of benzene rings is 1. The lowest BCUT2D eigenvalue weighted by atomic mass is 10.2. The van der Waals surface area contributed by atoms with Crippen LogP contribution in [0, 0.1) is 5.82 Å². The molecule has 4 nitrogen and oxygen atoms in total. The quantitative estimate of drug-likeness (QED) is 0.845. The van der Waals surface area contributed by atoms with Gasteiger partial charge in [-0.05, 0) is 18.6 Å². The maximum atomic E-state index is 13.1. The van der Waals surface area contributed by atoms with E-state index in [-0.39, 0.29) is 11.9 Å². The van der Waals surface area contributed by atoms with Crippen molar-refractivity contribution in [1.29, 1.82) is 0 Å². The van der Waals surface area contributed by atoms with E-state index in [9.17, 15) is 4.39 Å². The van der Waals surface area contributed by atoms with Gasteiger partial charge in [0.15, 0.2) is 0 Å². The predicted molar refractivity (Wildman–Crippen MR) is 76.0 cm³/mol. The minimum Gasteiger partial charge on any atom is -0.489 e. The number of nitrogens with one attached hydrogen (secondary N) is 1. The lowest BCUT2D eigenvalue weighted by Gasteiger charge is -2.18. The molecular weight excluding hydrogens is 257 g/mol. The number of nitrogens with zero attached hydrogens (tertiary/aromatic N) is 2. The van der Waals surface area contributed by atoms with Crippen molar-refractivity contribution in [3.05, 3.63) is 48.3 Å². The van der Waals surface area contributed by atoms with Gasteiger partial charge in [0, 0.05) is 32.1 Å². The molecule has 0 radical (unpaired) electrons. The largest absolute Gasteiger partial charge is 0.489 e. The predicted octanol–water partition coefficient (Wildman–Crippen LogP) is 2.51. The molecule has 1 aromatic heterocycles. The molecular formula is C15H20FN3O. The Labute approximate surface area is 118 Å². The number of imidazole rings is 1. The van der Waals surface area contributed by atoms with Crippen LogP contribution in [0.1, 0.15) is 19.2 Å². The van der Waals surface area contributed by atoms with Crippen molar-refractivity contribution in [1.82, 2.24) is 14.9 Å². The van der Waals surface area contributed by atoms with Crippen LogP contribution in [0.25, 0.3) is 0 Å². The molecule has 0 amide bonds. The van der Waals surface area contributed by atoms with Gasteiger partial charge in [-0.3, -0.25) is 0 Å². The Morgan fingerprint density at radius 1 is 1.45 bits per heavy atom. The summed E-state index contributed by atoms with van der Waals surface area (Å²) in [6.45, 7) is 3.43. The van der Waals surface area contributed by atoms with Gasteiger partial charge < -0.3 is 14.6 Å². The lowest BCUT2D eigenvalue weighted by molar-refractivity contribution is 0.192. The molecule has 0 aliphatic carbocycles. The zero-order valence-corrected chi connectivity index (χ0v) is 11.8. The molecule has 1 aromatic carbocycles. The molecule has 0 spiro atoms. The minimum atomic E-state index is -0.279. The summed E-state index contributed by atoms with van der Waals surface area (Å²) in [6, 6.07) is 6.23. The zero-order valence-electron chi connectivity index (χ0n) is 11.8. The van der Waals surface area contributed by atoms with Gasteiger partial charge >= 0.3 is 0 Å². The van der Waals surface area contributed by atoms with E-state index >= 15 is 0 Å². The van der Waals surface area contributed by atoms with Gasteiger partial charge in [0.1, 0.15) is 23.5 Å². The Kier molecular flexibility index (Phi) is 5.12. The molecule has 0 aliphatic heterocycles. The average molecular weight is 277 g/mol. The fraction of sp³-hybridized carbons (Fsp3) is 0.400. The van der Waals surface area contributed by atoms with Crippen molar-refractivity contribution in [2.24, 2.45) is 7.05 Å². The molecule has 2 aromatic rings. The van der Waals surface area contributed by atoms with Gasteiger partial charge in [-0.15, -0.1) is 0 Å². The summed E-state index contributed by atoms with van der Waals surface area (Å²) in [4.78, 5) is 4.24.